The molecule has 0 aliphatic carbocycles. The molecule has 0 radical (unpaired) electrons. The van der Waals surface area contributed by atoms with E-state index >= 15 is 0 Å². The normalized spacial score (nSPS) is 15.3. The monoisotopic (exact) mass is 318 g/mol. The lowest BCUT2D eigenvalue weighted by Crippen LogP contribution is -2.31. The van der Waals surface area contributed by atoms with Crippen LogP contribution in [-0.4, -0.2) is 26.4 Å². The molecular formula is C14H15BrN4. The first-order chi connectivity index (χ1) is 9.20. The highest BCUT2D eigenvalue weighted by molar-refractivity contribution is 9.10. The van der Waals surface area contributed by atoms with Gasteiger partial charge in [0, 0.05) is 60.4 Å². The molecule has 0 spiro atoms. The van der Waals surface area contributed by atoms with E-state index in [4.69, 9.17) is 0 Å². The van der Waals surface area contributed by atoms with Gasteiger partial charge >= 0.3 is 0 Å². The second-order valence-electron chi connectivity index (χ2n) is 4.86. The summed E-state index contributed by atoms with van der Waals surface area (Å²) in [5.74, 6) is 0.864. The first-order valence-electron chi connectivity index (χ1n) is 6.34. The maximum absolute atomic E-state index is 4.51. The summed E-state index contributed by atoms with van der Waals surface area (Å²) in [5.41, 5.74) is 3.68. The predicted molar refractivity (Wildman–Crippen MR) is 76.5 cm³/mol. The Morgan fingerprint density at radius 3 is 3.05 bits per heavy atom. The Bertz CT molecular complexity index is 600. The Labute approximate surface area is 121 Å². The molecule has 1 aliphatic heterocycles. The van der Waals surface area contributed by atoms with Gasteiger partial charge in [0.15, 0.2) is 0 Å². The highest BCUT2D eigenvalue weighted by Gasteiger charge is 2.18. The van der Waals surface area contributed by atoms with Crippen LogP contribution in [0.3, 0.4) is 0 Å². The van der Waals surface area contributed by atoms with Gasteiger partial charge in [-0.25, -0.2) is 9.97 Å². The van der Waals surface area contributed by atoms with E-state index in [-0.39, 0.29) is 0 Å². The first-order valence-corrected chi connectivity index (χ1v) is 7.13. The molecule has 0 saturated carbocycles. The van der Waals surface area contributed by atoms with Crippen LogP contribution in [0.2, 0.25) is 0 Å². The number of halogens is 1. The highest BCUT2D eigenvalue weighted by atomic mass is 79.9. The maximum atomic E-state index is 4.51. The molecule has 2 aromatic heterocycles. The molecule has 0 atom stereocenters. The minimum atomic E-state index is 0.864. The van der Waals surface area contributed by atoms with E-state index in [1.165, 1.54) is 16.8 Å². The molecular weight excluding hydrogens is 304 g/mol. The Balaban J connectivity index is 1.74. The van der Waals surface area contributed by atoms with Gasteiger partial charge in [0.05, 0.1) is 0 Å². The Morgan fingerprint density at radius 1 is 1.32 bits per heavy atom. The lowest BCUT2D eigenvalue weighted by atomic mass is 10.1. The third-order valence-electron chi connectivity index (χ3n) is 3.30. The Morgan fingerprint density at radius 2 is 2.21 bits per heavy atom. The third kappa shape index (κ3) is 2.98. The number of aromatic nitrogens is 3. The van der Waals surface area contributed by atoms with Gasteiger partial charge in [-0.05, 0) is 34.5 Å². The first kappa shape index (κ1) is 12.7. The molecule has 98 valence electrons. The fourth-order valence-electron chi connectivity index (χ4n) is 2.41. The summed E-state index contributed by atoms with van der Waals surface area (Å²) in [4.78, 5) is 15.4. The summed E-state index contributed by atoms with van der Waals surface area (Å²) in [7, 11) is 0. The zero-order chi connectivity index (χ0) is 13.2. The molecule has 1 aliphatic rings. The number of fused-ring (bicyclic) bond motifs is 1. The molecule has 0 unspecified atom stereocenters. The molecule has 5 heteroatoms. The second kappa shape index (κ2) is 5.35. The van der Waals surface area contributed by atoms with Crippen LogP contribution in [0.4, 0.5) is 0 Å². The van der Waals surface area contributed by atoms with Crippen LogP contribution in [0.5, 0.6) is 0 Å². The second-order valence-corrected chi connectivity index (χ2v) is 5.78. The average Bonchev–Trinajstić information content (AvgIpc) is 2.39. The van der Waals surface area contributed by atoms with Crippen molar-refractivity contribution in [3.8, 4) is 0 Å². The molecule has 0 N–H and O–H groups in total. The van der Waals surface area contributed by atoms with Crippen LogP contribution in [-0.2, 0) is 19.5 Å². The summed E-state index contributed by atoms with van der Waals surface area (Å²) >= 11 is 3.46. The summed E-state index contributed by atoms with van der Waals surface area (Å²) in [6.45, 7) is 4.82. The number of hydrogen-bond acceptors (Lipinski definition) is 4. The SMILES string of the molecule is Cc1ncc2c(n1)CCN(Cc1cncc(Br)c1)C2. The number of rotatable bonds is 2. The van der Waals surface area contributed by atoms with Gasteiger partial charge in [0.1, 0.15) is 5.82 Å². The fraction of sp³-hybridized carbons (Fsp3) is 0.357. The highest BCUT2D eigenvalue weighted by Crippen LogP contribution is 2.19. The van der Waals surface area contributed by atoms with Gasteiger partial charge in [-0.1, -0.05) is 0 Å². The largest absolute Gasteiger partial charge is 0.294 e. The quantitative estimate of drug-likeness (QED) is 0.853. The van der Waals surface area contributed by atoms with Crippen molar-refractivity contribution in [2.24, 2.45) is 0 Å². The van der Waals surface area contributed by atoms with Crippen LogP contribution in [0.15, 0.2) is 29.1 Å². The van der Waals surface area contributed by atoms with Crippen molar-refractivity contribution in [3.63, 3.8) is 0 Å². The zero-order valence-corrected chi connectivity index (χ0v) is 12.4. The van der Waals surface area contributed by atoms with Crippen LogP contribution in [0.1, 0.15) is 22.6 Å². The molecule has 19 heavy (non-hydrogen) atoms. The molecule has 3 rings (SSSR count). The van der Waals surface area contributed by atoms with Gasteiger partial charge in [0.25, 0.3) is 0 Å². The predicted octanol–water partition coefficient (Wildman–Crippen LogP) is 2.50. The molecule has 3 heterocycles. The number of aryl methyl sites for hydroxylation is 1. The molecule has 0 fully saturated rings. The fourth-order valence-corrected chi connectivity index (χ4v) is 2.82. The molecule has 4 nitrogen and oxygen atoms in total. The van der Waals surface area contributed by atoms with E-state index in [1.54, 1.807) is 0 Å². The Kier molecular flexibility index (Phi) is 3.57. The molecule has 2 aromatic rings. The summed E-state index contributed by atoms with van der Waals surface area (Å²) in [6.07, 6.45) is 6.70. The van der Waals surface area contributed by atoms with Gasteiger partial charge in [-0.15, -0.1) is 0 Å². The average molecular weight is 319 g/mol. The third-order valence-corrected chi connectivity index (χ3v) is 3.73. The van der Waals surface area contributed by atoms with E-state index in [2.05, 4.69) is 41.8 Å². The number of nitrogens with zero attached hydrogens (tertiary/aromatic N) is 4. The van der Waals surface area contributed by atoms with Crippen molar-refractivity contribution in [2.75, 3.05) is 6.54 Å². The van der Waals surface area contributed by atoms with E-state index in [1.807, 2.05) is 25.5 Å². The summed E-state index contributed by atoms with van der Waals surface area (Å²) in [5, 5.41) is 0. The maximum Gasteiger partial charge on any atom is 0.125 e. The van der Waals surface area contributed by atoms with Crippen LogP contribution in [0, 0.1) is 6.92 Å². The topological polar surface area (TPSA) is 41.9 Å². The van der Waals surface area contributed by atoms with Gasteiger partial charge in [-0.2, -0.15) is 0 Å². The van der Waals surface area contributed by atoms with Gasteiger partial charge in [0.2, 0.25) is 0 Å². The van der Waals surface area contributed by atoms with Crippen LogP contribution < -0.4 is 0 Å². The van der Waals surface area contributed by atoms with Crippen molar-refractivity contribution in [1.82, 2.24) is 19.9 Å². The van der Waals surface area contributed by atoms with Crippen molar-refractivity contribution in [2.45, 2.75) is 26.4 Å². The van der Waals surface area contributed by atoms with Crippen molar-refractivity contribution < 1.29 is 0 Å². The van der Waals surface area contributed by atoms with Gasteiger partial charge < -0.3 is 0 Å². The van der Waals surface area contributed by atoms with Crippen LogP contribution in [0.25, 0.3) is 0 Å². The molecule has 0 saturated heterocycles. The Hall–Kier alpha value is -1.33. The van der Waals surface area contributed by atoms with E-state index in [9.17, 15) is 0 Å². The van der Waals surface area contributed by atoms with E-state index < -0.39 is 0 Å². The minimum absolute atomic E-state index is 0.864. The lowest BCUT2D eigenvalue weighted by Gasteiger charge is -2.27. The summed E-state index contributed by atoms with van der Waals surface area (Å²) in [6, 6.07) is 2.12. The number of pyridine rings is 1. The smallest absolute Gasteiger partial charge is 0.125 e. The van der Waals surface area contributed by atoms with Crippen molar-refractivity contribution in [1.29, 1.82) is 0 Å². The zero-order valence-electron chi connectivity index (χ0n) is 10.8. The van der Waals surface area contributed by atoms with Crippen molar-refractivity contribution >= 4 is 15.9 Å². The van der Waals surface area contributed by atoms with E-state index in [0.29, 0.717) is 0 Å². The lowest BCUT2D eigenvalue weighted by molar-refractivity contribution is 0.242. The molecule has 0 bridgehead atoms. The van der Waals surface area contributed by atoms with Gasteiger partial charge in [-0.3, -0.25) is 9.88 Å². The molecule has 0 amide bonds. The minimum Gasteiger partial charge on any atom is -0.294 e. The van der Waals surface area contributed by atoms with Crippen LogP contribution >= 0.6 is 15.9 Å². The van der Waals surface area contributed by atoms with Crippen molar-refractivity contribution in [3.05, 3.63) is 51.8 Å². The summed E-state index contributed by atoms with van der Waals surface area (Å²) < 4.78 is 1.03. The number of hydrogen-bond donors (Lipinski definition) is 0. The standard InChI is InChI=1S/C14H15BrN4/c1-10-17-6-12-9-19(3-2-14(12)18-10)8-11-4-13(15)7-16-5-11/h4-7H,2-3,8-9H2,1H3. The van der Waals surface area contributed by atoms with E-state index in [0.717, 1.165) is 36.4 Å². The molecule has 0 aromatic carbocycles.